The van der Waals surface area contributed by atoms with Gasteiger partial charge in [0.1, 0.15) is 0 Å². The fourth-order valence-electron chi connectivity index (χ4n) is 2.98. The minimum absolute atomic E-state index is 0.315. The summed E-state index contributed by atoms with van der Waals surface area (Å²) >= 11 is 12.1. The zero-order chi connectivity index (χ0) is 14.0. The zero-order valence-electron chi connectivity index (χ0n) is 11.4. The van der Waals surface area contributed by atoms with E-state index in [4.69, 9.17) is 23.2 Å². The summed E-state index contributed by atoms with van der Waals surface area (Å²) in [5, 5.41) is 11.8. The molecule has 0 heterocycles. The van der Waals surface area contributed by atoms with Gasteiger partial charge in [-0.1, -0.05) is 41.8 Å². The van der Waals surface area contributed by atoms with Crippen molar-refractivity contribution in [3.63, 3.8) is 0 Å². The van der Waals surface area contributed by atoms with E-state index in [1.165, 1.54) is 5.57 Å². The lowest BCUT2D eigenvalue weighted by molar-refractivity contribution is 0.0932. The predicted molar refractivity (Wildman–Crippen MR) is 81.8 cm³/mol. The molecule has 0 aromatic heterocycles. The highest BCUT2D eigenvalue weighted by Gasteiger charge is 2.25. The molecule has 0 bridgehead atoms. The summed E-state index contributed by atoms with van der Waals surface area (Å²) in [4.78, 5) is 0. The molecule has 0 saturated heterocycles. The van der Waals surface area contributed by atoms with Crippen LogP contribution in [0.5, 0.6) is 0 Å². The second-order valence-corrected chi connectivity index (χ2v) is 6.54. The first-order chi connectivity index (χ1) is 8.95. The average molecular weight is 299 g/mol. The number of rotatable bonds is 3. The molecule has 1 aromatic rings. The molecule has 104 valence electrons. The molecule has 0 amide bonds. The molecule has 0 fully saturated rings. The van der Waals surface area contributed by atoms with Gasteiger partial charge in [0.25, 0.3) is 0 Å². The fraction of sp³-hybridized carbons (Fsp3) is 0.500. The molecule has 3 atom stereocenters. The molecule has 19 heavy (non-hydrogen) atoms. The van der Waals surface area contributed by atoms with E-state index in [1.807, 2.05) is 6.07 Å². The highest BCUT2D eigenvalue weighted by atomic mass is 35.5. The Labute approximate surface area is 125 Å². The van der Waals surface area contributed by atoms with Crippen molar-refractivity contribution in [2.75, 3.05) is 0 Å². The number of allylic oxidation sites excluding steroid dienone is 2. The Morgan fingerprint density at radius 1 is 1.37 bits per heavy atom. The van der Waals surface area contributed by atoms with Crippen molar-refractivity contribution in [3.8, 4) is 0 Å². The van der Waals surface area contributed by atoms with Gasteiger partial charge in [0.05, 0.1) is 6.10 Å². The largest absolute Gasteiger partial charge is 0.392 e. The van der Waals surface area contributed by atoms with Crippen LogP contribution in [-0.4, -0.2) is 11.2 Å². The van der Waals surface area contributed by atoms with Crippen LogP contribution in [0, 0.1) is 11.8 Å². The van der Waals surface area contributed by atoms with E-state index in [-0.39, 0.29) is 6.10 Å². The maximum absolute atomic E-state index is 10.4. The minimum atomic E-state index is -0.359. The molecule has 1 N–H and O–H groups in total. The van der Waals surface area contributed by atoms with Gasteiger partial charge in [-0.2, -0.15) is 0 Å². The lowest BCUT2D eigenvalue weighted by Gasteiger charge is -2.29. The number of aliphatic hydroxyl groups excluding tert-OH is 1. The van der Waals surface area contributed by atoms with Crippen molar-refractivity contribution in [2.24, 2.45) is 11.8 Å². The molecule has 0 spiro atoms. The predicted octanol–water partition coefficient (Wildman–Crippen LogP) is 4.89. The molecule has 0 aliphatic heterocycles. The molecular weight excluding hydrogens is 279 g/mol. The fourth-order valence-corrected chi connectivity index (χ4v) is 3.37. The Hall–Kier alpha value is -0.500. The van der Waals surface area contributed by atoms with E-state index >= 15 is 0 Å². The quantitative estimate of drug-likeness (QED) is 0.788. The molecule has 1 aliphatic rings. The van der Waals surface area contributed by atoms with Crippen LogP contribution in [0.25, 0.3) is 0 Å². The summed E-state index contributed by atoms with van der Waals surface area (Å²) in [5.74, 6) is 0.860. The van der Waals surface area contributed by atoms with Gasteiger partial charge in [0, 0.05) is 16.5 Å². The third kappa shape index (κ3) is 3.98. The maximum atomic E-state index is 10.4. The van der Waals surface area contributed by atoms with Crippen molar-refractivity contribution in [1.82, 2.24) is 0 Å². The van der Waals surface area contributed by atoms with E-state index in [0.717, 1.165) is 18.4 Å². The lowest BCUT2D eigenvalue weighted by atomic mass is 9.79. The number of halogens is 2. The molecule has 1 nitrogen and oxygen atoms in total. The van der Waals surface area contributed by atoms with Crippen molar-refractivity contribution in [2.45, 2.75) is 39.2 Å². The molecule has 2 rings (SSSR count). The van der Waals surface area contributed by atoms with Crippen LogP contribution in [0.15, 0.2) is 29.8 Å². The SMILES string of the molecule is CC1=CC(C)CC(C(O)Cc2cc(Cl)ccc2Cl)C1. The van der Waals surface area contributed by atoms with E-state index < -0.39 is 0 Å². The second-order valence-electron chi connectivity index (χ2n) is 5.70. The van der Waals surface area contributed by atoms with Crippen LogP contribution in [0.3, 0.4) is 0 Å². The van der Waals surface area contributed by atoms with Gasteiger partial charge in [-0.15, -0.1) is 0 Å². The molecule has 0 radical (unpaired) electrons. The van der Waals surface area contributed by atoms with Crippen molar-refractivity contribution in [1.29, 1.82) is 0 Å². The summed E-state index contributed by atoms with van der Waals surface area (Å²) in [5.41, 5.74) is 2.31. The minimum Gasteiger partial charge on any atom is -0.392 e. The van der Waals surface area contributed by atoms with E-state index in [0.29, 0.717) is 28.3 Å². The normalized spacial score (nSPS) is 25.0. The van der Waals surface area contributed by atoms with Crippen LogP contribution < -0.4 is 0 Å². The highest BCUT2D eigenvalue weighted by molar-refractivity contribution is 6.33. The second kappa shape index (κ2) is 6.30. The maximum Gasteiger partial charge on any atom is 0.0612 e. The molecule has 0 saturated carbocycles. The van der Waals surface area contributed by atoms with Crippen molar-refractivity contribution < 1.29 is 5.11 Å². The monoisotopic (exact) mass is 298 g/mol. The molecular formula is C16H20Cl2O. The Morgan fingerprint density at radius 3 is 2.79 bits per heavy atom. The molecule has 1 aliphatic carbocycles. The Balaban J connectivity index is 2.07. The summed E-state index contributed by atoms with van der Waals surface area (Å²) in [6, 6.07) is 5.41. The number of benzene rings is 1. The first-order valence-electron chi connectivity index (χ1n) is 6.75. The lowest BCUT2D eigenvalue weighted by Crippen LogP contribution is -2.27. The van der Waals surface area contributed by atoms with E-state index in [9.17, 15) is 5.11 Å². The Morgan fingerprint density at radius 2 is 2.11 bits per heavy atom. The van der Waals surface area contributed by atoms with E-state index in [2.05, 4.69) is 19.9 Å². The van der Waals surface area contributed by atoms with Crippen LogP contribution in [0.2, 0.25) is 10.0 Å². The smallest absolute Gasteiger partial charge is 0.0612 e. The first kappa shape index (κ1) is 14.9. The Kier molecular flexibility index (Phi) is 4.94. The van der Waals surface area contributed by atoms with Gasteiger partial charge in [-0.05, 0) is 55.4 Å². The van der Waals surface area contributed by atoms with Gasteiger partial charge in [-0.3, -0.25) is 0 Å². The summed E-state index contributed by atoms with van der Waals surface area (Å²) in [7, 11) is 0. The third-order valence-electron chi connectivity index (χ3n) is 3.81. The van der Waals surface area contributed by atoms with Crippen LogP contribution >= 0.6 is 23.2 Å². The van der Waals surface area contributed by atoms with Crippen LogP contribution in [-0.2, 0) is 6.42 Å². The summed E-state index contributed by atoms with van der Waals surface area (Å²) in [6.45, 7) is 4.34. The van der Waals surface area contributed by atoms with Crippen LogP contribution in [0.4, 0.5) is 0 Å². The average Bonchev–Trinajstić information content (AvgIpc) is 2.32. The highest BCUT2D eigenvalue weighted by Crippen LogP contribution is 2.32. The van der Waals surface area contributed by atoms with Crippen molar-refractivity contribution >= 4 is 23.2 Å². The zero-order valence-corrected chi connectivity index (χ0v) is 12.9. The van der Waals surface area contributed by atoms with Gasteiger partial charge >= 0.3 is 0 Å². The summed E-state index contributed by atoms with van der Waals surface area (Å²) in [6.07, 6.45) is 4.53. The third-order valence-corrected chi connectivity index (χ3v) is 4.41. The van der Waals surface area contributed by atoms with Gasteiger partial charge < -0.3 is 5.11 Å². The van der Waals surface area contributed by atoms with Crippen molar-refractivity contribution in [3.05, 3.63) is 45.5 Å². The number of aliphatic hydroxyl groups is 1. The van der Waals surface area contributed by atoms with Gasteiger partial charge in [0.15, 0.2) is 0 Å². The number of hydrogen-bond acceptors (Lipinski definition) is 1. The topological polar surface area (TPSA) is 20.2 Å². The standard InChI is InChI=1S/C16H20Cl2O/c1-10-5-11(2)7-13(6-10)16(19)9-12-8-14(17)3-4-15(12)18/h3-5,8,10,13,16,19H,6-7,9H2,1-2H3. The van der Waals surface area contributed by atoms with Gasteiger partial charge in [0.2, 0.25) is 0 Å². The van der Waals surface area contributed by atoms with Crippen LogP contribution in [0.1, 0.15) is 32.3 Å². The Bertz CT molecular complexity index is 482. The van der Waals surface area contributed by atoms with Gasteiger partial charge in [-0.25, -0.2) is 0 Å². The molecule has 1 aromatic carbocycles. The molecule has 3 unspecified atom stereocenters. The number of hydrogen-bond donors (Lipinski definition) is 1. The summed E-state index contributed by atoms with van der Waals surface area (Å²) < 4.78 is 0. The van der Waals surface area contributed by atoms with E-state index in [1.54, 1.807) is 12.1 Å². The first-order valence-corrected chi connectivity index (χ1v) is 7.50. The molecule has 3 heteroatoms.